The molecular weight excluding hydrogens is 346 g/mol. The zero-order chi connectivity index (χ0) is 16.7. The van der Waals surface area contributed by atoms with Crippen molar-refractivity contribution in [3.63, 3.8) is 0 Å². The Kier molecular flexibility index (Phi) is 3.70. The number of esters is 1. The number of benzene rings is 1. The van der Waals surface area contributed by atoms with Crippen LogP contribution in [-0.2, 0) is 4.74 Å². The molecule has 0 saturated carbocycles. The van der Waals surface area contributed by atoms with E-state index in [4.69, 9.17) is 16.3 Å². The van der Waals surface area contributed by atoms with Crippen LogP contribution in [0.3, 0.4) is 0 Å². The van der Waals surface area contributed by atoms with Gasteiger partial charge in [-0.1, -0.05) is 11.6 Å². The number of pyridine rings is 1. The van der Waals surface area contributed by atoms with Gasteiger partial charge in [0.15, 0.2) is 6.10 Å². The molecule has 0 radical (unpaired) electrons. The van der Waals surface area contributed by atoms with Gasteiger partial charge in [0.25, 0.3) is 0 Å². The number of hydrogen-bond donors (Lipinski definition) is 1. The van der Waals surface area contributed by atoms with Gasteiger partial charge in [-0.05, 0) is 37.3 Å². The van der Waals surface area contributed by atoms with E-state index in [0.717, 1.165) is 20.6 Å². The van der Waals surface area contributed by atoms with Crippen molar-refractivity contribution in [2.75, 3.05) is 0 Å². The maximum absolute atomic E-state index is 12.5. The minimum Gasteiger partial charge on any atom is -0.452 e. The summed E-state index contributed by atoms with van der Waals surface area (Å²) in [5.74, 6) is -0.396. The first-order valence-corrected chi connectivity index (χ1v) is 8.50. The maximum atomic E-state index is 12.5. The Morgan fingerprint density at radius 1 is 1.33 bits per heavy atom. The van der Waals surface area contributed by atoms with E-state index in [2.05, 4.69) is 15.0 Å². The van der Waals surface area contributed by atoms with Gasteiger partial charge < -0.3 is 9.72 Å². The first-order chi connectivity index (χ1) is 11.6. The lowest BCUT2D eigenvalue weighted by molar-refractivity contribution is 0.0340. The van der Waals surface area contributed by atoms with Gasteiger partial charge in [-0.2, -0.15) is 0 Å². The highest BCUT2D eigenvalue weighted by Gasteiger charge is 2.19. The molecule has 4 rings (SSSR count). The molecule has 0 aliphatic carbocycles. The molecule has 0 saturated heterocycles. The van der Waals surface area contributed by atoms with Crippen LogP contribution in [0.4, 0.5) is 0 Å². The lowest BCUT2D eigenvalue weighted by atomic mass is 10.2. The van der Waals surface area contributed by atoms with E-state index in [0.29, 0.717) is 16.2 Å². The molecule has 0 aliphatic rings. The Labute approximate surface area is 146 Å². The smallest absolute Gasteiger partial charge is 0.339 e. The van der Waals surface area contributed by atoms with Crippen LogP contribution in [0.25, 0.3) is 21.3 Å². The van der Waals surface area contributed by atoms with Crippen LogP contribution in [0, 0.1) is 0 Å². The number of carbonyl (C=O) groups excluding carboxylic acids is 1. The Morgan fingerprint density at radius 2 is 2.21 bits per heavy atom. The highest BCUT2D eigenvalue weighted by Crippen LogP contribution is 2.30. The van der Waals surface area contributed by atoms with Crippen molar-refractivity contribution in [3.8, 4) is 0 Å². The molecule has 24 heavy (non-hydrogen) atoms. The average Bonchev–Trinajstić information content (AvgIpc) is 3.20. The molecule has 1 atom stereocenters. The minimum absolute atomic E-state index is 0.396. The number of aromatic amines is 1. The van der Waals surface area contributed by atoms with Gasteiger partial charge in [0.2, 0.25) is 0 Å². The highest BCUT2D eigenvalue weighted by atomic mass is 35.5. The maximum Gasteiger partial charge on any atom is 0.339 e. The van der Waals surface area contributed by atoms with Crippen LogP contribution in [0.5, 0.6) is 0 Å². The molecule has 1 aromatic carbocycles. The first-order valence-electron chi connectivity index (χ1n) is 7.31. The van der Waals surface area contributed by atoms with Gasteiger partial charge >= 0.3 is 5.97 Å². The van der Waals surface area contributed by atoms with Crippen molar-refractivity contribution in [1.29, 1.82) is 0 Å². The lowest BCUT2D eigenvalue weighted by Crippen LogP contribution is -2.09. The van der Waals surface area contributed by atoms with Crippen molar-refractivity contribution in [3.05, 3.63) is 58.3 Å². The molecule has 120 valence electrons. The summed E-state index contributed by atoms with van der Waals surface area (Å²) in [5.41, 5.74) is 1.95. The third kappa shape index (κ3) is 2.64. The number of nitrogens with one attached hydrogen (secondary N) is 1. The molecule has 0 aliphatic heterocycles. The van der Waals surface area contributed by atoms with E-state index in [9.17, 15) is 4.79 Å². The first kappa shape index (κ1) is 15.1. The van der Waals surface area contributed by atoms with E-state index >= 15 is 0 Å². The predicted octanol–water partition coefficient (Wildman–Crippen LogP) is 4.74. The molecule has 0 fully saturated rings. The van der Waals surface area contributed by atoms with Crippen molar-refractivity contribution in [1.82, 2.24) is 15.0 Å². The van der Waals surface area contributed by atoms with Crippen LogP contribution >= 0.6 is 22.9 Å². The Morgan fingerprint density at radius 3 is 3.08 bits per heavy atom. The van der Waals surface area contributed by atoms with E-state index in [1.165, 1.54) is 11.3 Å². The molecule has 0 amide bonds. The number of halogens is 1. The van der Waals surface area contributed by atoms with Gasteiger partial charge in [0.05, 0.1) is 15.8 Å². The fourth-order valence-corrected chi connectivity index (χ4v) is 3.60. The molecule has 0 bridgehead atoms. The number of aromatic nitrogens is 3. The van der Waals surface area contributed by atoms with Crippen molar-refractivity contribution in [2.45, 2.75) is 13.0 Å². The SMILES string of the molecule is CC(OC(=O)c1ccnc2[nH]ccc12)c1nc2cc(Cl)ccc2s1. The van der Waals surface area contributed by atoms with E-state index in [1.54, 1.807) is 24.5 Å². The summed E-state index contributed by atoms with van der Waals surface area (Å²) in [6.45, 7) is 1.81. The monoisotopic (exact) mass is 357 g/mol. The van der Waals surface area contributed by atoms with Gasteiger partial charge in [-0.15, -0.1) is 11.3 Å². The number of ether oxygens (including phenoxy) is 1. The van der Waals surface area contributed by atoms with Crippen molar-refractivity contribution in [2.24, 2.45) is 0 Å². The number of H-pyrrole nitrogens is 1. The van der Waals surface area contributed by atoms with E-state index in [1.807, 2.05) is 25.1 Å². The lowest BCUT2D eigenvalue weighted by Gasteiger charge is -2.11. The Bertz CT molecular complexity index is 1060. The third-order valence-corrected chi connectivity index (χ3v) is 5.11. The van der Waals surface area contributed by atoms with Crippen molar-refractivity contribution < 1.29 is 9.53 Å². The molecule has 5 nitrogen and oxygen atoms in total. The molecule has 1 unspecified atom stereocenters. The van der Waals surface area contributed by atoms with E-state index < -0.39 is 12.1 Å². The standard InChI is InChI=1S/C17H12ClN3O2S/c1-9(16-21-13-8-10(18)2-3-14(13)24-16)23-17(22)12-5-7-20-15-11(12)4-6-19-15/h2-9H,1H3,(H,19,20). The average molecular weight is 358 g/mol. The summed E-state index contributed by atoms with van der Waals surface area (Å²) in [7, 11) is 0. The van der Waals surface area contributed by atoms with Gasteiger partial charge in [0.1, 0.15) is 10.7 Å². The highest BCUT2D eigenvalue weighted by molar-refractivity contribution is 7.18. The number of nitrogens with zero attached hydrogens (tertiary/aromatic N) is 2. The second-order valence-corrected chi connectivity index (χ2v) is 6.81. The minimum atomic E-state index is -0.448. The third-order valence-electron chi connectivity index (χ3n) is 3.68. The number of carbonyl (C=O) groups is 1. The van der Waals surface area contributed by atoms with Crippen molar-refractivity contribution >= 4 is 50.2 Å². The number of rotatable bonds is 3. The van der Waals surface area contributed by atoms with Crippen LogP contribution in [0.15, 0.2) is 42.7 Å². The second kappa shape index (κ2) is 5.89. The number of fused-ring (bicyclic) bond motifs is 2. The fourth-order valence-electron chi connectivity index (χ4n) is 2.51. The van der Waals surface area contributed by atoms with Crippen LogP contribution in [0.1, 0.15) is 28.4 Å². The summed E-state index contributed by atoms with van der Waals surface area (Å²) in [5, 5.41) is 2.11. The summed E-state index contributed by atoms with van der Waals surface area (Å²) in [6.07, 6.45) is 2.88. The molecule has 3 heterocycles. The Hall–Kier alpha value is -2.44. The van der Waals surface area contributed by atoms with Gasteiger partial charge in [0, 0.05) is 22.8 Å². The molecule has 7 heteroatoms. The summed E-state index contributed by atoms with van der Waals surface area (Å²) < 4.78 is 6.60. The molecule has 3 aromatic heterocycles. The summed E-state index contributed by atoms with van der Waals surface area (Å²) >= 11 is 7.48. The molecular formula is C17H12ClN3O2S. The quantitative estimate of drug-likeness (QED) is 0.537. The van der Waals surface area contributed by atoms with Gasteiger partial charge in [-0.3, -0.25) is 0 Å². The number of hydrogen-bond acceptors (Lipinski definition) is 5. The normalized spacial score (nSPS) is 12.6. The fraction of sp³-hybridized carbons (Fsp3) is 0.118. The Balaban J connectivity index is 1.61. The van der Waals surface area contributed by atoms with Crippen LogP contribution in [-0.4, -0.2) is 20.9 Å². The zero-order valence-electron chi connectivity index (χ0n) is 12.6. The number of thiazole rings is 1. The van der Waals surface area contributed by atoms with Gasteiger partial charge in [-0.25, -0.2) is 14.8 Å². The molecule has 0 spiro atoms. The summed E-state index contributed by atoms with van der Waals surface area (Å²) in [4.78, 5) is 24.2. The molecule has 4 aromatic rings. The predicted molar refractivity (Wildman–Crippen MR) is 94.6 cm³/mol. The molecule has 1 N–H and O–H groups in total. The van der Waals surface area contributed by atoms with Crippen LogP contribution in [0.2, 0.25) is 5.02 Å². The topological polar surface area (TPSA) is 67.9 Å². The van der Waals surface area contributed by atoms with Crippen LogP contribution < -0.4 is 0 Å². The van der Waals surface area contributed by atoms with E-state index in [-0.39, 0.29) is 0 Å². The largest absolute Gasteiger partial charge is 0.452 e. The second-order valence-electron chi connectivity index (χ2n) is 5.31. The zero-order valence-corrected chi connectivity index (χ0v) is 14.2. The summed E-state index contributed by atoms with van der Waals surface area (Å²) in [6, 6.07) is 9.01.